The zero-order valence-electron chi connectivity index (χ0n) is 16.2. The van der Waals surface area contributed by atoms with Crippen molar-refractivity contribution in [1.29, 1.82) is 0 Å². The molecule has 1 atom stereocenters. The number of benzene rings is 2. The van der Waals surface area contributed by atoms with E-state index in [1.54, 1.807) is 32.9 Å². The maximum Gasteiger partial charge on any atom is 0.258 e. The molecule has 1 amide bonds. The minimum absolute atomic E-state index is 0.179. The van der Waals surface area contributed by atoms with Crippen molar-refractivity contribution in [3.8, 4) is 5.75 Å². The first-order chi connectivity index (χ1) is 13.3. The Morgan fingerprint density at radius 3 is 2.18 bits per heavy atom. The first-order valence-corrected chi connectivity index (χ1v) is 10.5. The molecule has 0 aromatic heterocycles. The Morgan fingerprint density at radius 2 is 1.64 bits per heavy atom. The van der Waals surface area contributed by atoms with Gasteiger partial charge < -0.3 is 10.1 Å². The Morgan fingerprint density at radius 1 is 1.07 bits per heavy atom. The quantitative estimate of drug-likeness (QED) is 0.692. The van der Waals surface area contributed by atoms with Gasteiger partial charge in [-0.15, -0.1) is 0 Å². The summed E-state index contributed by atoms with van der Waals surface area (Å²) in [6.45, 7) is 5.92. The summed E-state index contributed by atoms with van der Waals surface area (Å²) < 4.78 is 44.6. The maximum absolute atomic E-state index is 13.0. The lowest BCUT2D eigenvalue weighted by molar-refractivity contribution is -0.123. The van der Waals surface area contributed by atoms with E-state index in [1.807, 2.05) is 0 Å². The van der Waals surface area contributed by atoms with Gasteiger partial charge >= 0.3 is 0 Å². The largest absolute Gasteiger partial charge is 0.484 e. The van der Waals surface area contributed by atoms with Crippen LogP contribution in [0.1, 0.15) is 32.4 Å². The number of ether oxygens (including phenoxy) is 1. The molecule has 0 saturated heterocycles. The monoisotopic (exact) mass is 408 g/mol. The Hall–Kier alpha value is -2.45. The summed E-state index contributed by atoms with van der Waals surface area (Å²) in [4.78, 5) is 12.2. The molecule has 0 aliphatic rings. The molecule has 0 fully saturated rings. The van der Waals surface area contributed by atoms with Crippen molar-refractivity contribution < 1.29 is 22.3 Å². The number of rotatable bonds is 9. The Bertz CT molecular complexity index is 879. The van der Waals surface area contributed by atoms with E-state index in [0.717, 1.165) is 5.56 Å². The highest BCUT2D eigenvalue weighted by Gasteiger charge is 2.21. The molecule has 2 aromatic rings. The second kappa shape index (κ2) is 9.66. The highest BCUT2D eigenvalue weighted by molar-refractivity contribution is 7.89. The molecule has 0 spiro atoms. The van der Waals surface area contributed by atoms with Crippen molar-refractivity contribution in [2.75, 3.05) is 19.7 Å². The second-order valence-corrected chi connectivity index (χ2v) is 8.13. The van der Waals surface area contributed by atoms with Crippen LogP contribution in [0.25, 0.3) is 0 Å². The smallest absolute Gasteiger partial charge is 0.258 e. The molecule has 28 heavy (non-hydrogen) atoms. The second-order valence-electron chi connectivity index (χ2n) is 6.19. The van der Waals surface area contributed by atoms with Gasteiger partial charge in [0.1, 0.15) is 11.6 Å². The summed E-state index contributed by atoms with van der Waals surface area (Å²) in [7, 11) is -3.53. The molecule has 0 radical (unpaired) electrons. The molecule has 6 nitrogen and oxygen atoms in total. The van der Waals surface area contributed by atoms with Gasteiger partial charge in [-0.25, -0.2) is 12.8 Å². The number of nitrogens with one attached hydrogen (secondary N) is 1. The predicted octanol–water partition coefficient (Wildman–Crippen LogP) is 3.11. The third-order valence-electron chi connectivity index (χ3n) is 4.28. The number of amides is 1. The number of halogens is 1. The molecule has 1 N–H and O–H groups in total. The van der Waals surface area contributed by atoms with Crippen molar-refractivity contribution in [2.45, 2.75) is 31.7 Å². The van der Waals surface area contributed by atoms with E-state index in [1.165, 1.54) is 40.7 Å². The summed E-state index contributed by atoms with van der Waals surface area (Å²) in [6, 6.07) is 11.6. The van der Waals surface area contributed by atoms with E-state index in [9.17, 15) is 17.6 Å². The number of hydrogen-bond acceptors (Lipinski definition) is 4. The van der Waals surface area contributed by atoms with E-state index in [0.29, 0.717) is 18.8 Å². The topological polar surface area (TPSA) is 75.7 Å². The van der Waals surface area contributed by atoms with Crippen LogP contribution in [0.4, 0.5) is 4.39 Å². The lowest BCUT2D eigenvalue weighted by Gasteiger charge is -2.18. The van der Waals surface area contributed by atoms with Crippen molar-refractivity contribution in [3.63, 3.8) is 0 Å². The number of hydrogen-bond donors (Lipinski definition) is 1. The third-order valence-corrected chi connectivity index (χ3v) is 6.35. The molecule has 0 heterocycles. The lowest BCUT2D eigenvalue weighted by Crippen LogP contribution is -2.31. The van der Waals surface area contributed by atoms with Crippen LogP contribution in [-0.2, 0) is 14.8 Å². The third kappa shape index (κ3) is 5.53. The van der Waals surface area contributed by atoms with Gasteiger partial charge in [0.25, 0.3) is 5.91 Å². The fourth-order valence-corrected chi connectivity index (χ4v) is 4.15. The van der Waals surface area contributed by atoms with E-state index in [2.05, 4.69) is 5.32 Å². The van der Waals surface area contributed by atoms with Crippen LogP contribution >= 0.6 is 0 Å². The molecular weight excluding hydrogens is 383 g/mol. The number of nitrogens with zero attached hydrogens (tertiary/aromatic N) is 1. The van der Waals surface area contributed by atoms with Crippen molar-refractivity contribution >= 4 is 15.9 Å². The Kier molecular flexibility index (Phi) is 7.53. The SMILES string of the molecule is CCN(CC)S(=O)(=O)c1ccc(OCC(=O)NC(C)c2ccc(F)cc2)cc1. The average molecular weight is 408 g/mol. The van der Waals surface area contributed by atoms with Gasteiger partial charge in [0.15, 0.2) is 6.61 Å². The summed E-state index contributed by atoms with van der Waals surface area (Å²) in [5, 5.41) is 2.76. The zero-order chi connectivity index (χ0) is 20.7. The Labute approximate surface area is 165 Å². The average Bonchev–Trinajstić information content (AvgIpc) is 2.68. The standard InChI is InChI=1S/C20H25FN2O4S/c1-4-23(5-2)28(25,26)19-12-10-18(11-13-19)27-14-20(24)22-15(3)16-6-8-17(21)9-7-16/h6-13,15H,4-5,14H2,1-3H3,(H,22,24). The van der Waals surface area contributed by atoms with E-state index < -0.39 is 10.0 Å². The van der Waals surface area contributed by atoms with Gasteiger partial charge in [0.2, 0.25) is 10.0 Å². The van der Waals surface area contributed by atoms with Gasteiger partial charge in [-0.2, -0.15) is 4.31 Å². The first kappa shape index (κ1) is 21.8. The maximum atomic E-state index is 13.0. The first-order valence-electron chi connectivity index (χ1n) is 9.05. The normalized spacial score (nSPS) is 12.6. The van der Waals surface area contributed by atoms with Crippen LogP contribution in [0.2, 0.25) is 0 Å². The molecule has 0 aliphatic carbocycles. The molecule has 0 saturated carbocycles. The fourth-order valence-electron chi connectivity index (χ4n) is 2.69. The van der Waals surface area contributed by atoms with Crippen LogP contribution in [-0.4, -0.2) is 38.3 Å². The number of carbonyl (C=O) groups excluding carboxylic acids is 1. The van der Waals surface area contributed by atoms with E-state index >= 15 is 0 Å². The highest BCUT2D eigenvalue weighted by Crippen LogP contribution is 2.19. The predicted molar refractivity (Wildman–Crippen MR) is 105 cm³/mol. The summed E-state index contributed by atoms with van der Waals surface area (Å²) >= 11 is 0. The molecule has 8 heteroatoms. The molecule has 2 rings (SSSR count). The molecule has 152 valence electrons. The fraction of sp³-hybridized carbons (Fsp3) is 0.350. The molecular formula is C20H25FN2O4S. The molecule has 1 unspecified atom stereocenters. The van der Waals surface area contributed by atoms with Gasteiger partial charge in [0, 0.05) is 13.1 Å². The van der Waals surface area contributed by atoms with E-state index in [-0.39, 0.29) is 29.3 Å². The minimum atomic E-state index is -3.53. The lowest BCUT2D eigenvalue weighted by atomic mass is 10.1. The van der Waals surface area contributed by atoms with Crippen LogP contribution in [0.3, 0.4) is 0 Å². The highest BCUT2D eigenvalue weighted by atomic mass is 32.2. The van der Waals surface area contributed by atoms with Crippen molar-refractivity contribution in [3.05, 3.63) is 59.9 Å². The van der Waals surface area contributed by atoms with Crippen molar-refractivity contribution in [1.82, 2.24) is 9.62 Å². The van der Waals surface area contributed by atoms with Gasteiger partial charge in [-0.05, 0) is 48.9 Å². The molecule has 0 bridgehead atoms. The van der Waals surface area contributed by atoms with Crippen LogP contribution in [0.15, 0.2) is 53.4 Å². The molecule has 2 aromatic carbocycles. The van der Waals surface area contributed by atoms with E-state index in [4.69, 9.17) is 4.74 Å². The summed E-state index contributed by atoms with van der Waals surface area (Å²) in [5.41, 5.74) is 0.778. The van der Waals surface area contributed by atoms with Crippen LogP contribution in [0.5, 0.6) is 5.75 Å². The number of carbonyl (C=O) groups is 1. The van der Waals surface area contributed by atoms with Gasteiger partial charge in [0.05, 0.1) is 10.9 Å². The van der Waals surface area contributed by atoms with Crippen molar-refractivity contribution in [2.24, 2.45) is 0 Å². The minimum Gasteiger partial charge on any atom is -0.484 e. The van der Waals surface area contributed by atoms with Crippen LogP contribution < -0.4 is 10.1 Å². The Balaban J connectivity index is 1.92. The van der Waals surface area contributed by atoms with Crippen LogP contribution in [0, 0.1) is 5.82 Å². The number of sulfonamides is 1. The van der Waals surface area contributed by atoms with Gasteiger partial charge in [-0.1, -0.05) is 26.0 Å². The molecule has 0 aliphatic heterocycles. The zero-order valence-corrected chi connectivity index (χ0v) is 17.0. The van der Waals surface area contributed by atoms with Gasteiger partial charge in [-0.3, -0.25) is 4.79 Å². The summed E-state index contributed by atoms with van der Waals surface area (Å²) in [6.07, 6.45) is 0. The summed E-state index contributed by atoms with van der Waals surface area (Å²) in [5.74, 6) is -0.281.